The number of fused-ring (bicyclic) bond motifs is 6. The van der Waals surface area contributed by atoms with Crippen LogP contribution in [-0.4, -0.2) is 138 Å². The van der Waals surface area contributed by atoms with Gasteiger partial charge in [-0.05, 0) is 198 Å². The smallest absolute Gasteiger partial charge is 0.762 e. The Morgan fingerprint density at radius 2 is 0.949 bits per heavy atom. The molecule has 24 nitrogen and oxygen atoms in total. The average Bonchev–Trinajstić information content (AvgIpc) is 1.77. The van der Waals surface area contributed by atoms with Crippen LogP contribution in [0.2, 0.25) is 0 Å². The Morgan fingerprint density at radius 3 is 1.35 bits per heavy atom. The molecule has 0 aliphatic carbocycles. The predicted octanol–water partition coefficient (Wildman–Crippen LogP) is 12.0. The molecule has 0 aromatic carbocycles. The highest BCUT2D eigenvalue weighted by atomic mass is 79.9. The molecule has 15 rings (SSSR count). The predicted molar refractivity (Wildman–Crippen MR) is 461 cm³/mol. The number of terminal acetylenes is 1. The van der Waals surface area contributed by atoms with E-state index in [0.717, 1.165) is 171 Å². The van der Waals surface area contributed by atoms with Gasteiger partial charge < -0.3 is 29.6 Å². The first-order chi connectivity index (χ1) is 56.2. The number of aliphatic imine (C=N–C) groups is 1. The molecule has 15 heterocycles. The van der Waals surface area contributed by atoms with Crippen molar-refractivity contribution in [2.24, 2.45) is 34.6 Å². The third-order valence-electron chi connectivity index (χ3n) is 18.4. The van der Waals surface area contributed by atoms with Crippen LogP contribution >= 0.6 is 31.9 Å². The molecule has 1 saturated heterocycles. The van der Waals surface area contributed by atoms with Gasteiger partial charge in [0.25, 0.3) is 23.2 Å². The second kappa shape index (κ2) is 53.3. The monoisotopic (exact) mass is 1750 g/mol. The number of halogens is 7. The summed E-state index contributed by atoms with van der Waals surface area (Å²) in [5, 5.41) is 2.84. The van der Waals surface area contributed by atoms with Crippen LogP contribution in [0.15, 0.2) is 151 Å². The lowest BCUT2D eigenvalue weighted by Gasteiger charge is -2.09. The van der Waals surface area contributed by atoms with Crippen molar-refractivity contribution in [2.45, 2.75) is 158 Å². The Bertz CT molecular complexity index is 5050. The molecule has 10 aromatic heterocycles. The molecule has 0 bridgehead atoms. The number of carbonyl (C=O) groups is 2. The molecule has 5 unspecified atom stereocenters. The first-order valence-electron chi connectivity index (χ1n) is 38.6. The van der Waals surface area contributed by atoms with Gasteiger partial charge in [-0.1, -0.05) is 78.0 Å². The number of methoxy groups -OCH3 is 1. The molecule has 0 radical (unpaired) electrons. The van der Waals surface area contributed by atoms with E-state index >= 15 is 0 Å². The number of alkyl halides is 1. The van der Waals surface area contributed by atoms with Gasteiger partial charge >= 0.3 is 7.54 Å². The molecule has 32 heteroatoms. The number of nitrogens with two attached hydrogens (primary N) is 1. The van der Waals surface area contributed by atoms with Gasteiger partial charge in [-0.25, -0.2) is 49.8 Å². The maximum atomic E-state index is 12.7. The highest BCUT2D eigenvalue weighted by molar-refractivity contribution is 9.10. The van der Waals surface area contributed by atoms with E-state index in [1.165, 1.54) is 19.0 Å². The quantitative estimate of drug-likeness (QED) is 0.0534. The molecule has 0 saturated carbocycles. The Kier molecular flexibility index (Phi) is 44.1. The summed E-state index contributed by atoms with van der Waals surface area (Å²) in [4.78, 5) is 106. The zero-order valence-corrected chi connectivity index (χ0v) is 70.4. The SMILES string of the molecule is C.C#Cc1ccccn1.CC1CCNC(=O)CC1.CC1CCc2nc3cc(Br)cnc3c(=O)n2CC1.CC1CCc2nc3cc(C#Cc4ccccn4)cnc3c(=O)n2CC1.CC1CCc2nc3cc(C#Cc4ccccn4)cnc3c(=O)n2CC1.COC1=NCCC(C)CC1.C[O+](C)C.FB(F)F.Nc1cc(Br)cnc1OC=O.[2H]CF.[F-]. The van der Waals surface area contributed by atoms with E-state index in [9.17, 15) is 41.3 Å². The maximum Gasteiger partial charge on any atom is 0.762 e. The minimum atomic E-state index is -3.67. The van der Waals surface area contributed by atoms with Gasteiger partial charge in [-0.15, -0.1) is 6.42 Å². The van der Waals surface area contributed by atoms with Gasteiger partial charge in [0.15, 0.2) is 22.4 Å². The molecule has 10 aromatic rings. The summed E-state index contributed by atoms with van der Waals surface area (Å²) in [6.07, 6.45) is 31.7. The van der Waals surface area contributed by atoms with Crippen molar-refractivity contribution in [3.63, 3.8) is 0 Å². The number of anilines is 1. The second-order valence-corrected chi connectivity index (χ2v) is 30.0. The standard InChI is InChI=1S/2C20H18N4O.C13H14BrN3O.C8H15NO.C7H13NO.C7H5N.C6H5BrN2O2.C3H9O.CH3F.CH4.BF3.FH/c2*1-14-5-8-18-23-17-12-15(6-7-16-4-2-3-10-21-16)13-22-19(17)20(25)24(18)11-9-14;1-8-2-3-11-16-10-6-9(14)7-15-12(10)13(18)17(11)5-4-8;1-7-3-4-8(10-2)9-6-5-7;1-6-2-3-7(9)8-5-4-6;1-2-7-5-3-4-6-8-7;7-4-1-5(8)6(9-2-4)11-3-10;1-4(2)3;1-2;;2-1(3)4;/h2*2-4,10,12-14H,5,8-9,11H2,1H3;6-8H,2-5H2,1H3;7H,3-6H2,1-2H3;6H,2-5H2,1H3,(H,8,9);1,3-6H;1-3H,8H2;1-3H3;1H3;1H4;;1H/q;;;;;;;+1;;;;/p-1/i;;;;;;;;1D;;;. The van der Waals surface area contributed by atoms with Crippen molar-refractivity contribution in [3.05, 3.63) is 208 Å². The third kappa shape index (κ3) is 34.3. The summed E-state index contributed by atoms with van der Waals surface area (Å²) in [5.74, 6) is 21.8. The Morgan fingerprint density at radius 1 is 0.568 bits per heavy atom. The molecule has 3 N–H and O–H groups in total. The summed E-state index contributed by atoms with van der Waals surface area (Å²) >= 11 is 6.53. The van der Waals surface area contributed by atoms with E-state index in [-0.39, 0.29) is 47.1 Å². The highest BCUT2D eigenvalue weighted by Gasteiger charge is 2.22. The topological polar surface area (TPSA) is 301 Å². The van der Waals surface area contributed by atoms with Crippen LogP contribution in [0.1, 0.15) is 166 Å². The molecule has 1 fully saturated rings. The van der Waals surface area contributed by atoms with E-state index in [2.05, 4.69) is 155 Å². The Balaban J connectivity index is 0.000000295. The number of nitrogens with zero attached hydrogens (tertiary/aromatic N) is 14. The normalized spacial score (nSPS) is 16.6. The van der Waals surface area contributed by atoms with Crippen molar-refractivity contribution in [1.82, 2.24) is 68.9 Å². The third-order valence-corrected chi connectivity index (χ3v) is 19.2. The number of nitrogens with one attached hydrogen (secondary N) is 1. The number of ether oxygens (including phenoxy) is 2. The molecule has 5 atom stereocenters. The number of nitrogen functional groups attached to an aromatic ring is 1. The first-order valence-corrected chi connectivity index (χ1v) is 39.5. The van der Waals surface area contributed by atoms with E-state index in [1.807, 2.05) is 88.1 Å². The summed E-state index contributed by atoms with van der Waals surface area (Å²) in [6, 6.07) is 23.8. The van der Waals surface area contributed by atoms with Gasteiger partial charge in [0.05, 0.1) is 37.9 Å². The maximum absolute atomic E-state index is 12.7. The van der Waals surface area contributed by atoms with Gasteiger partial charge in [-0.2, -0.15) is 0 Å². The van der Waals surface area contributed by atoms with E-state index in [4.69, 9.17) is 28.2 Å². The van der Waals surface area contributed by atoms with Crippen LogP contribution in [0.25, 0.3) is 33.1 Å². The first kappa shape index (κ1) is 97.6. The summed E-state index contributed by atoms with van der Waals surface area (Å²) < 4.78 is 63.6. The molecular weight excluding hydrogens is 1650 g/mol. The molecule has 0 spiro atoms. The van der Waals surface area contributed by atoms with Crippen LogP contribution in [0.3, 0.4) is 0 Å². The zero-order chi connectivity index (χ0) is 85.2. The summed E-state index contributed by atoms with van der Waals surface area (Å²) in [6.45, 7) is 15.5. The highest BCUT2D eigenvalue weighted by Crippen LogP contribution is 2.25. The fraction of sp³-hybridized carbons (Fsp3) is 0.419. The van der Waals surface area contributed by atoms with Crippen LogP contribution in [-0.2, 0) is 57.6 Å². The number of rotatable bonds is 2. The van der Waals surface area contributed by atoms with Crippen molar-refractivity contribution >= 4 is 96.5 Å². The minimum absolute atomic E-state index is 0. The van der Waals surface area contributed by atoms with Gasteiger partial charge in [0.1, 0.15) is 55.9 Å². The number of hydrogen-bond acceptors (Lipinski definition) is 19. The number of hydrogen-bond donors (Lipinski definition) is 2. The van der Waals surface area contributed by atoms with Crippen LogP contribution < -0.4 is 37.2 Å². The van der Waals surface area contributed by atoms with Crippen molar-refractivity contribution in [2.75, 3.05) is 54.4 Å². The number of carbonyl (C=O) groups excluding carboxylic acids is 2. The fourth-order valence-electron chi connectivity index (χ4n) is 11.8. The molecule has 118 heavy (non-hydrogen) atoms. The molecule has 5 aliphatic heterocycles. The lowest BCUT2D eigenvalue weighted by atomic mass is 10.0. The van der Waals surface area contributed by atoms with Crippen molar-refractivity contribution in [1.29, 1.82) is 0 Å². The fourth-order valence-corrected chi connectivity index (χ4v) is 12.5. The lowest BCUT2D eigenvalue weighted by molar-refractivity contribution is -0.121. The Labute approximate surface area is 705 Å². The van der Waals surface area contributed by atoms with Crippen LogP contribution in [0.4, 0.5) is 23.0 Å². The largest absolute Gasteiger partial charge is 1.00 e. The number of pyridine rings is 7. The summed E-state index contributed by atoms with van der Waals surface area (Å²) in [5.41, 5.74) is 12.5. The van der Waals surface area contributed by atoms with Crippen molar-refractivity contribution in [3.8, 4) is 41.9 Å². The van der Waals surface area contributed by atoms with Crippen molar-refractivity contribution < 1.29 is 46.8 Å². The molecule has 628 valence electrons. The summed E-state index contributed by atoms with van der Waals surface area (Å²) in [7, 11) is 2.79. The van der Waals surface area contributed by atoms with E-state index in [0.29, 0.717) is 73.6 Å². The molecule has 1 amide bonds. The average molecular weight is 1760 g/mol. The second-order valence-electron chi connectivity index (χ2n) is 28.2. The molecule has 5 aliphatic rings. The van der Waals surface area contributed by atoms with E-state index in [1.54, 1.807) is 70.1 Å². The number of aromatic nitrogens is 13. The van der Waals surface area contributed by atoms with Crippen LogP contribution in [0, 0.1) is 65.6 Å². The van der Waals surface area contributed by atoms with E-state index < -0.39 is 14.7 Å². The van der Waals surface area contributed by atoms with Gasteiger partial charge in [0, 0.05) is 128 Å². The lowest BCUT2D eigenvalue weighted by Crippen LogP contribution is -3.00. The molecular formula is C86H104BBr2F5N16O8. The zero-order valence-electron chi connectivity index (χ0n) is 68.3. The minimum Gasteiger partial charge on any atom is -1.00 e. The Hall–Kier alpha value is -11.0. The number of amides is 1. The van der Waals surface area contributed by atoms with Gasteiger partial charge in [-0.3, -0.25) is 60.0 Å². The van der Waals surface area contributed by atoms with Gasteiger partial charge in [0.2, 0.25) is 11.8 Å². The van der Waals surface area contributed by atoms with Crippen LogP contribution in [0.5, 0.6) is 5.88 Å². The number of aryl methyl sites for hydroxylation is 3.